The van der Waals surface area contributed by atoms with Crippen LogP contribution in [-0.2, 0) is 0 Å². The normalized spacial score (nSPS) is 10.3. The molecule has 0 aliphatic rings. The molecule has 2 rings (SSSR count). The molecule has 0 aromatic heterocycles. The van der Waals surface area contributed by atoms with E-state index < -0.39 is 5.97 Å². The van der Waals surface area contributed by atoms with E-state index in [4.69, 9.17) is 27.9 Å². The van der Waals surface area contributed by atoms with E-state index in [0.29, 0.717) is 26.9 Å². The van der Waals surface area contributed by atoms with Gasteiger partial charge in [-0.25, -0.2) is 4.79 Å². The summed E-state index contributed by atoms with van der Waals surface area (Å²) in [6.45, 7) is 0. The van der Waals surface area contributed by atoms with Gasteiger partial charge in [0.25, 0.3) is 0 Å². The van der Waals surface area contributed by atoms with E-state index in [1.807, 2.05) is 0 Å². The molecule has 3 nitrogen and oxygen atoms in total. The van der Waals surface area contributed by atoms with Gasteiger partial charge in [0, 0.05) is 0 Å². The Hall–Kier alpha value is -1.71. The number of aromatic carboxylic acids is 1. The summed E-state index contributed by atoms with van der Waals surface area (Å²) in [6.07, 6.45) is 0. The monoisotopic (exact) mass is 296 g/mol. The van der Waals surface area contributed by atoms with Crippen LogP contribution in [0.1, 0.15) is 10.4 Å². The second-order valence-corrected chi connectivity index (χ2v) is 4.66. The molecule has 0 radical (unpaired) electrons. The van der Waals surface area contributed by atoms with Gasteiger partial charge in [-0.15, -0.1) is 0 Å². The maximum absolute atomic E-state index is 11.3. The molecule has 0 unspecified atom stereocenters. The van der Waals surface area contributed by atoms with E-state index >= 15 is 0 Å². The van der Waals surface area contributed by atoms with Gasteiger partial charge in [-0.1, -0.05) is 29.3 Å². The van der Waals surface area contributed by atoms with Crippen LogP contribution in [0.2, 0.25) is 10.0 Å². The summed E-state index contributed by atoms with van der Waals surface area (Å²) in [5.41, 5.74) is 1.40. The van der Waals surface area contributed by atoms with Crippen molar-refractivity contribution in [2.45, 2.75) is 0 Å². The molecule has 0 atom stereocenters. The van der Waals surface area contributed by atoms with E-state index in [1.54, 1.807) is 30.3 Å². The van der Waals surface area contributed by atoms with Gasteiger partial charge < -0.3 is 9.84 Å². The van der Waals surface area contributed by atoms with E-state index in [2.05, 4.69) is 0 Å². The molecule has 0 aliphatic heterocycles. The minimum absolute atomic E-state index is 0.151. The fraction of sp³-hybridized carbons (Fsp3) is 0.0714. The third kappa shape index (κ3) is 2.83. The first-order chi connectivity index (χ1) is 9.02. The lowest BCUT2D eigenvalue weighted by Crippen LogP contribution is -2.00. The predicted molar refractivity (Wildman–Crippen MR) is 75.4 cm³/mol. The Morgan fingerprint density at radius 1 is 1.11 bits per heavy atom. The zero-order valence-corrected chi connectivity index (χ0v) is 11.5. The van der Waals surface area contributed by atoms with Crippen molar-refractivity contribution in [1.82, 2.24) is 0 Å². The third-order valence-electron chi connectivity index (χ3n) is 2.69. The number of carboxylic acids is 1. The molecular weight excluding hydrogens is 287 g/mol. The Morgan fingerprint density at radius 3 is 2.42 bits per heavy atom. The molecule has 0 saturated heterocycles. The average molecular weight is 297 g/mol. The number of carboxylic acid groups (broad SMARTS) is 1. The van der Waals surface area contributed by atoms with Crippen LogP contribution < -0.4 is 4.74 Å². The molecule has 0 spiro atoms. The van der Waals surface area contributed by atoms with Crippen LogP contribution in [0.15, 0.2) is 36.4 Å². The first-order valence-corrected chi connectivity index (χ1v) is 6.15. The largest absolute Gasteiger partial charge is 0.497 e. The highest BCUT2D eigenvalue weighted by atomic mass is 35.5. The summed E-state index contributed by atoms with van der Waals surface area (Å²) in [6, 6.07) is 9.85. The second-order valence-electron chi connectivity index (χ2n) is 3.85. The lowest BCUT2D eigenvalue weighted by molar-refractivity contribution is 0.0697. The molecular formula is C14H10Cl2O3. The van der Waals surface area contributed by atoms with Gasteiger partial charge in [0.05, 0.1) is 22.7 Å². The van der Waals surface area contributed by atoms with Gasteiger partial charge in [0.2, 0.25) is 0 Å². The molecule has 0 saturated carbocycles. The number of ether oxygens (including phenoxy) is 1. The summed E-state index contributed by atoms with van der Waals surface area (Å²) >= 11 is 11.8. The topological polar surface area (TPSA) is 46.5 Å². The SMILES string of the molecule is COc1ccc(-c2ccc(Cl)c(Cl)c2)c(C(=O)O)c1. The summed E-state index contributed by atoms with van der Waals surface area (Å²) in [5, 5.41) is 10.1. The third-order valence-corrected chi connectivity index (χ3v) is 3.43. The first kappa shape index (κ1) is 13.7. The van der Waals surface area contributed by atoms with Crippen molar-refractivity contribution in [2.75, 3.05) is 7.11 Å². The van der Waals surface area contributed by atoms with E-state index in [9.17, 15) is 9.90 Å². The van der Waals surface area contributed by atoms with E-state index in [-0.39, 0.29) is 5.56 Å². The molecule has 0 amide bonds. The lowest BCUT2D eigenvalue weighted by Gasteiger charge is -2.09. The number of rotatable bonds is 3. The van der Waals surface area contributed by atoms with Crippen LogP contribution >= 0.6 is 23.2 Å². The molecule has 0 bridgehead atoms. The highest BCUT2D eigenvalue weighted by Gasteiger charge is 2.14. The Kier molecular flexibility index (Phi) is 3.98. The first-order valence-electron chi connectivity index (χ1n) is 5.39. The molecule has 1 N–H and O–H groups in total. The Labute approximate surface area is 120 Å². The number of methoxy groups -OCH3 is 1. The Balaban J connectivity index is 2.60. The van der Waals surface area contributed by atoms with Crippen molar-refractivity contribution in [2.24, 2.45) is 0 Å². The number of carbonyl (C=O) groups is 1. The summed E-state index contributed by atoms with van der Waals surface area (Å²) in [7, 11) is 1.49. The van der Waals surface area contributed by atoms with Gasteiger partial charge >= 0.3 is 5.97 Å². The van der Waals surface area contributed by atoms with Crippen LogP contribution in [-0.4, -0.2) is 18.2 Å². The van der Waals surface area contributed by atoms with Crippen molar-refractivity contribution in [3.8, 4) is 16.9 Å². The molecule has 0 aliphatic carbocycles. The Morgan fingerprint density at radius 2 is 1.84 bits per heavy atom. The number of hydrogen-bond donors (Lipinski definition) is 1. The Bertz CT molecular complexity index is 639. The predicted octanol–water partition coefficient (Wildman–Crippen LogP) is 4.37. The fourth-order valence-electron chi connectivity index (χ4n) is 1.74. The summed E-state index contributed by atoms with van der Waals surface area (Å²) in [4.78, 5) is 11.3. The van der Waals surface area contributed by atoms with Crippen LogP contribution in [0.5, 0.6) is 5.75 Å². The number of benzene rings is 2. The fourth-order valence-corrected chi connectivity index (χ4v) is 2.04. The van der Waals surface area contributed by atoms with Crippen molar-refractivity contribution in [3.63, 3.8) is 0 Å². The molecule has 19 heavy (non-hydrogen) atoms. The zero-order chi connectivity index (χ0) is 14.0. The smallest absolute Gasteiger partial charge is 0.336 e. The second kappa shape index (κ2) is 5.51. The molecule has 0 heterocycles. The average Bonchev–Trinajstić information content (AvgIpc) is 2.41. The minimum atomic E-state index is -1.03. The van der Waals surface area contributed by atoms with E-state index in [0.717, 1.165) is 0 Å². The van der Waals surface area contributed by atoms with Crippen LogP contribution in [0.4, 0.5) is 0 Å². The van der Waals surface area contributed by atoms with Gasteiger partial charge in [0.1, 0.15) is 5.75 Å². The minimum Gasteiger partial charge on any atom is -0.497 e. The molecule has 0 fully saturated rings. The molecule has 2 aromatic carbocycles. The number of hydrogen-bond acceptors (Lipinski definition) is 2. The van der Waals surface area contributed by atoms with Gasteiger partial charge in [-0.2, -0.15) is 0 Å². The van der Waals surface area contributed by atoms with Crippen LogP contribution in [0.3, 0.4) is 0 Å². The molecule has 2 aromatic rings. The maximum Gasteiger partial charge on any atom is 0.336 e. The van der Waals surface area contributed by atoms with Crippen molar-refractivity contribution >= 4 is 29.2 Å². The van der Waals surface area contributed by atoms with Crippen LogP contribution in [0, 0.1) is 0 Å². The standard InChI is InChI=1S/C14H10Cl2O3/c1-19-9-3-4-10(11(7-9)14(17)18)8-2-5-12(15)13(16)6-8/h2-7H,1H3,(H,17,18). The number of halogens is 2. The summed E-state index contributed by atoms with van der Waals surface area (Å²) < 4.78 is 5.03. The van der Waals surface area contributed by atoms with Crippen molar-refractivity contribution in [3.05, 3.63) is 52.0 Å². The molecule has 5 heteroatoms. The zero-order valence-electron chi connectivity index (χ0n) is 9.98. The highest BCUT2D eigenvalue weighted by molar-refractivity contribution is 6.42. The lowest BCUT2D eigenvalue weighted by atomic mass is 9.99. The van der Waals surface area contributed by atoms with Gasteiger partial charge in [-0.3, -0.25) is 0 Å². The van der Waals surface area contributed by atoms with E-state index in [1.165, 1.54) is 13.2 Å². The highest BCUT2D eigenvalue weighted by Crippen LogP contribution is 2.32. The maximum atomic E-state index is 11.3. The van der Waals surface area contributed by atoms with Gasteiger partial charge in [0.15, 0.2) is 0 Å². The van der Waals surface area contributed by atoms with Crippen molar-refractivity contribution in [1.29, 1.82) is 0 Å². The van der Waals surface area contributed by atoms with Crippen LogP contribution in [0.25, 0.3) is 11.1 Å². The van der Waals surface area contributed by atoms with Gasteiger partial charge in [-0.05, 0) is 41.5 Å². The quantitative estimate of drug-likeness (QED) is 0.915. The molecule has 98 valence electrons. The summed E-state index contributed by atoms with van der Waals surface area (Å²) in [5.74, 6) is -0.541. The van der Waals surface area contributed by atoms with Crippen molar-refractivity contribution < 1.29 is 14.6 Å².